The molecule has 0 aliphatic heterocycles. The fourth-order valence-electron chi connectivity index (χ4n) is 2.91. The molecule has 0 unspecified atom stereocenters. The van der Waals surface area contributed by atoms with E-state index < -0.39 is 6.04 Å². The van der Waals surface area contributed by atoms with Crippen LogP contribution in [0.15, 0.2) is 48.5 Å². The van der Waals surface area contributed by atoms with Crippen LogP contribution in [0, 0.1) is 3.57 Å². The Bertz CT molecular complexity index is 827. The molecule has 0 aliphatic rings. The molecule has 7 heteroatoms. The number of amides is 2. The van der Waals surface area contributed by atoms with Gasteiger partial charge in [-0.1, -0.05) is 37.6 Å². The molecular formula is C23H28ClIN2O3. The first-order valence-corrected chi connectivity index (χ1v) is 11.5. The average Bonchev–Trinajstić information content (AvgIpc) is 2.74. The Hall–Kier alpha value is -1.80. The van der Waals surface area contributed by atoms with Gasteiger partial charge in [0.15, 0.2) is 6.61 Å². The topological polar surface area (TPSA) is 58.6 Å². The molecule has 0 heterocycles. The number of rotatable bonds is 10. The molecule has 2 amide bonds. The highest BCUT2D eigenvalue weighted by Gasteiger charge is 2.29. The van der Waals surface area contributed by atoms with Crippen LogP contribution in [-0.2, 0) is 16.1 Å². The molecule has 0 saturated carbocycles. The standard InChI is InChI=1S/C23H28ClIN2O3/c1-4-16(3)26-23(29)21(5-2)27(14-17-6-8-18(24)9-7-17)22(28)15-30-20-12-10-19(25)11-13-20/h6-13,16,21H,4-5,14-15H2,1-3H3,(H,26,29)/t16-,21+/m1/s1. The fraction of sp³-hybridized carbons (Fsp3) is 0.391. The summed E-state index contributed by atoms with van der Waals surface area (Å²) >= 11 is 8.20. The summed E-state index contributed by atoms with van der Waals surface area (Å²) in [4.78, 5) is 27.6. The Morgan fingerprint density at radius 2 is 1.70 bits per heavy atom. The van der Waals surface area contributed by atoms with Gasteiger partial charge in [0.25, 0.3) is 5.91 Å². The molecule has 0 bridgehead atoms. The van der Waals surface area contributed by atoms with Crippen molar-refractivity contribution in [3.8, 4) is 5.75 Å². The van der Waals surface area contributed by atoms with E-state index in [0.29, 0.717) is 23.7 Å². The number of benzene rings is 2. The van der Waals surface area contributed by atoms with Gasteiger partial charge in [-0.3, -0.25) is 9.59 Å². The van der Waals surface area contributed by atoms with Crippen molar-refractivity contribution in [2.24, 2.45) is 0 Å². The van der Waals surface area contributed by atoms with Crippen molar-refractivity contribution in [3.05, 3.63) is 62.7 Å². The number of hydrogen-bond donors (Lipinski definition) is 1. The fourth-order valence-corrected chi connectivity index (χ4v) is 3.39. The van der Waals surface area contributed by atoms with Crippen molar-refractivity contribution in [2.45, 2.75) is 52.2 Å². The third-order valence-electron chi connectivity index (χ3n) is 4.83. The second-order valence-electron chi connectivity index (χ2n) is 7.13. The molecule has 0 aromatic heterocycles. The molecule has 5 nitrogen and oxygen atoms in total. The Balaban J connectivity index is 2.19. The predicted octanol–water partition coefficient (Wildman–Crippen LogP) is 5.05. The van der Waals surface area contributed by atoms with E-state index in [0.717, 1.165) is 15.6 Å². The highest BCUT2D eigenvalue weighted by Crippen LogP contribution is 2.17. The van der Waals surface area contributed by atoms with Gasteiger partial charge in [-0.25, -0.2) is 0 Å². The van der Waals surface area contributed by atoms with Crippen LogP contribution in [0.1, 0.15) is 39.2 Å². The van der Waals surface area contributed by atoms with Gasteiger partial charge in [0, 0.05) is 21.2 Å². The zero-order chi connectivity index (χ0) is 22.1. The number of carbonyl (C=O) groups excluding carboxylic acids is 2. The summed E-state index contributed by atoms with van der Waals surface area (Å²) in [5.41, 5.74) is 0.900. The van der Waals surface area contributed by atoms with Crippen molar-refractivity contribution in [2.75, 3.05) is 6.61 Å². The van der Waals surface area contributed by atoms with Crippen LogP contribution < -0.4 is 10.1 Å². The summed E-state index contributed by atoms with van der Waals surface area (Å²) < 4.78 is 6.78. The van der Waals surface area contributed by atoms with Crippen LogP contribution in [-0.4, -0.2) is 35.4 Å². The van der Waals surface area contributed by atoms with Gasteiger partial charge in [-0.2, -0.15) is 0 Å². The summed E-state index contributed by atoms with van der Waals surface area (Å²) in [6.45, 7) is 6.04. The molecule has 2 aromatic carbocycles. The molecule has 2 rings (SSSR count). The van der Waals surface area contributed by atoms with E-state index in [-0.39, 0.29) is 24.5 Å². The van der Waals surface area contributed by atoms with Gasteiger partial charge in [0.2, 0.25) is 5.91 Å². The van der Waals surface area contributed by atoms with Crippen molar-refractivity contribution in [3.63, 3.8) is 0 Å². The molecule has 0 saturated heterocycles. The first-order valence-electron chi connectivity index (χ1n) is 10.1. The Labute approximate surface area is 197 Å². The van der Waals surface area contributed by atoms with Gasteiger partial charge in [-0.05, 0) is 84.3 Å². The van der Waals surface area contributed by atoms with E-state index >= 15 is 0 Å². The molecule has 30 heavy (non-hydrogen) atoms. The van der Waals surface area contributed by atoms with Crippen LogP contribution in [0.3, 0.4) is 0 Å². The maximum absolute atomic E-state index is 13.1. The molecule has 0 radical (unpaired) electrons. The van der Waals surface area contributed by atoms with Crippen molar-refractivity contribution >= 4 is 46.0 Å². The molecular weight excluding hydrogens is 515 g/mol. The van der Waals surface area contributed by atoms with E-state index in [2.05, 4.69) is 27.9 Å². The lowest BCUT2D eigenvalue weighted by molar-refractivity contribution is -0.143. The third kappa shape index (κ3) is 7.47. The van der Waals surface area contributed by atoms with E-state index in [1.807, 2.05) is 57.2 Å². The lowest BCUT2D eigenvalue weighted by Crippen LogP contribution is -2.51. The summed E-state index contributed by atoms with van der Waals surface area (Å²) in [5, 5.41) is 3.62. The van der Waals surface area contributed by atoms with Crippen LogP contribution in [0.25, 0.3) is 0 Å². The normalized spacial score (nSPS) is 12.7. The number of nitrogens with zero attached hydrogens (tertiary/aromatic N) is 1. The van der Waals surface area contributed by atoms with Crippen molar-refractivity contribution < 1.29 is 14.3 Å². The predicted molar refractivity (Wildman–Crippen MR) is 129 cm³/mol. The van der Waals surface area contributed by atoms with Crippen LogP contribution in [0.2, 0.25) is 5.02 Å². The van der Waals surface area contributed by atoms with Gasteiger partial charge in [-0.15, -0.1) is 0 Å². The van der Waals surface area contributed by atoms with E-state index in [1.165, 1.54) is 0 Å². The molecule has 2 aromatic rings. The second kappa shape index (κ2) is 12.2. The number of hydrogen-bond acceptors (Lipinski definition) is 3. The largest absolute Gasteiger partial charge is 0.484 e. The highest BCUT2D eigenvalue weighted by atomic mass is 127. The van der Waals surface area contributed by atoms with Gasteiger partial charge in [0.05, 0.1) is 0 Å². The zero-order valence-corrected chi connectivity index (χ0v) is 20.4. The Morgan fingerprint density at radius 1 is 1.07 bits per heavy atom. The van der Waals surface area contributed by atoms with Crippen molar-refractivity contribution in [1.82, 2.24) is 10.2 Å². The second-order valence-corrected chi connectivity index (χ2v) is 8.81. The highest BCUT2D eigenvalue weighted by molar-refractivity contribution is 14.1. The lowest BCUT2D eigenvalue weighted by Gasteiger charge is -2.31. The molecule has 1 N–H and O–H groups in total. The molecule has 162 valence electrons. The summed E-state index contributed by atoms with van der Waals surface area (Å²) in [7, 11) is 0. The molecule has 0 spiro atoms. The van der Waals surface area contributed by atoms with Crippen LogP contribution in [0.4, 0.5) is 0 Å². The number of nitrogens with one attached hydrogen (secondary N) is 1. The first kappa shape index (κ1) is 24.5. The molecule has 0 fully saturated rings. The lowest BCUT2D eigenvalue weighted by atomic mass is 10.1. The third-order valence-corrected chi connectivity index (χ3v) is 5.80. The average molecular weight is 543 g/mol. The monoisotopic (exact) mass is 542 g/mol. The minimum Gasteiger partial charge on any atom is -0.484 e. The Morgan fingerprint density at radius 3 is 2.27 bits per heavy atom. The summed E-state index contributed by atoms with van der Waals surface area (Å²) in [5.74, 6) is 0.227. The van der Waals surface area contributed by atoms with Crippen LogP contribution >= 0.6 is 34.2 Å². The number of halogens is 2. The molecule has 2 atom stereocenters. The van der Waals surface area contributed by atoms with Gasteiger partial charge in [0.1, 0.15) is 11.8 Å². The maximum atomic E-state index is 13.1. The SMILES string of the molecule is CC[C@@H](C)NC(=O)[C@H](CC)N(Cc1ccc(Cl)cc1)C(=O)COc1ccc(I)cc1. The Kier molecular flexibility index (Phi) is 9.91. The van der Waals surface area contributed by atoms with E-state index in [4.69, 9.17) is 16.3 Å². The number of ether oxygens (including phenoxy) is 1. The first-order chi connectivity index (χ1) is 14.3. The summed E-state index contributed by atoms with van der Waals surface area (Å²) in [6.07, 6.45) is 1.33. The zero-order valence-electron chi connectivity index (χ0n) is 17.5. The minimum absolute atomic E-state index is 0.0436. The van der Waals surface area contributed by atoms with E-state index in [9.17, 15) is 9.59 Å². The smallest absolute Gasteiger partial charge is 0.261 e. The quantitative estimate of drug-likeness (QED) is 0.428. The summed E-state index contributed by atoms with van der Waals surface area (Å²) in [6, 6.07) is 14.2. The van der Waals surface area contributed by atoms with Crippen LogP contribution in [0.5, 0.6) is 5.75 Å². The maximum Gasteiger partial charge on any atom is 0.261 e. The van der Waals surface area contributed by atoms with Crippen molar-refractivity contribution in [1.29, 1.82) is 0 Å². The molecule has 0 aliphatic carbocycles. The minimum atomic E-state index is -0.581. The van der Waals surface area contributed by atoms with Gasteiger partial charge >= 0.3 is 0 Å². The van der Waals surface area contributed by atoms with E-state index in [1.54, 1.807) is 17.0 Å². The van der Waals surface area contributed by atoms with Gasteiger partial charge < -0.3 is 15.0 Å². The number of carbonyl (C=O) groups is 2.